The molecule has 7 heteroatoms. The summed E-state index contributed by atoms with van der Waals surface area (Å²) in [6.07, 6.45) is 1.70. The molecule has 2 aromatic heterocycles. The van der Waals surface area contributed by atoms with Crippen LogP contribution in [0.4, 0.5) is 11.8 Å². The number of carbonyl (C=O) groups excluding carboxylic acids is 1. The van der Waals surface area contributed by atoms with Crippen molar-refractivity contribution < 1.29 is 4.79 Å². The van der Waals surface area contributed by atoms with Crippen LogP contribution in [0.15, 0.2) is 11.4 Å². The number of hydrogen-bond acceptors (Lipinski definition) is 6. The molecule has 4 N–H and O–H groups in total. The molecule has 0 spiro atoms. The zero-order valence-corrected chi connectivity index (χ0v) is 10.5. The highest BCUT2D eigenvalue weighted by molar-refractivity contribution is 7.16. The van der Waals surface area contributed by atoms with Crippen molar-refractivity contribution in [1.82, 2.24) is 9.97 Å². The number of rotatable bonds is 2. The number of aromatic nitrogens is 2. The summed E-state index contributed by atoms with van der Waals surface area (Å²) in [5, 5.41) is 2.87. The lowest BCUT2D eigenvalue weighted by Crippen LogP contribution is -2.40. The van der Waals surface area contributed by atoms with E-state index in [1.165, 1.54) is 11.3 Å². The van der Waals surface area contributed by atoms with Crippen molar-refractivity contribution in [2.75, 3.05) is 17.2 Å². The Morgan fingerprint density at radius 3 is 3.11 bits per heavy atom. The summed E-state index contributed by atoms with van der Waals surface area (Å²) >= 11 is 1.51. The predicted molar refractivity (Wildman–Crippen MR) is 71.4 cm³/mol. The zero-order valence-electron chi connectivity index (χ0n) is 9.67. The lowest BCUT2D eigenvalue weighted by molar-refractivity contribution is -0.119. The van der Waals surface area contributed by atoms with Gasteiger partial charge in [0, 0.05) is 6.54 Å². The van der Waals surface area contributed by atoms with E-state index in [0.29, 0.717) is 0 Å². The molecule has 2 aromatic rings. The standard InChI is InChI=1S/C11H13N5OS/c12-8(17)7-2-1-4-16(7)9-6-3-5-18-10(6)15-11(13)14-9/h3,5,7H,1-2,4H2,(H2,12,17)(H2,13,14,15). The molecule has 0 aliphatic carbocycles. The minimum atomic E-state index is -0.312. The molecule has 1 amide bonds. The fourth-order valence-corrected chi connectivity index (χ4v) is 3.16. The van der Waals surface area contributed by atoms with E-state index in [-0.39, 0.29) is 17.9 Å². The molecule has 1 atom stereocenters. The van der Waals surface area contributed by atoms with Crippen LogP contribution in [0.25, 0.3) is 10.2 Å². The molecule has 6 nitrogen and oxygen atoms in total. The molecule has 0 radical (unpaired) electrons. The third-order valence-corrected chi connectivity index (χ3v) is 3.98. The molecule has 1 saturated heterocycles. The van der Waals surface area contributed by atoms with Crippen molar-refractivity contribution in [3.63, 3.8) is 0 Å². The van der Waals surface area contributed by atoms with E-state index >= 15 is 0 Å². The van der Waals surface area contributed by atoms with Crippen LogP contribution in [0.3, 0.4) is 0 Å². The first-order valence-corrected chi connectivity index (χ1v) is 6.61. The Labute approximate surface area is 108 Å². The quantitative estimate of drug-likeness (QED) is 0.832. The molecule has 18 heavy (non-hydrogen) atoms. The van der Waals surface area contributed by atoms with Crippen molar-refractivity contribution in [3.05, 3.63) is 11.4 Å². The topological polar surface area (TPSA) is 98.1 Å². The van der Waals surface area contributed by atoms with Gasteiger partial charge in [0.2, 0.25) is 11.9 Å². The van der Waals surface area contributed by atoms with Gasteiger partial charge in [-0.05, 0) is 24.3 Å². The predicted octanol–water partition coefficient (Wildman–Crippen LogP) is 0.728. The van der Waals surface area contributed by atoms with Crippen LogP contribution in [0.1, 0.15) is 12.8 Å². The number of nitrogens with two attached hydrogens (primary N) is 2. The first-order valence-electron chi connectivity index (χ1n) is 5.73. The molecule has 1 aliphatic heterocycles. The van der Waals surface area contributed by atoms with Crippen LogP contribution in [0, 0.1) is 0 Å². The van der Waals surface area contributed by atoms with Gasteiger partial charge in [-0.2, -0.15) is 4.98 Å². The smallest absolute Gasteiger partial charge is 0.240 e. The minimum absolute atomic E-state index is 0.232. The summed E-state index contributed by atoms with van der Waals surface area (Å²) in [5.74, 6) is 0.642. The van der Waals surface area contributed by atoms with Crippen molar-refractivity contribution in [3.8, 4) is 0 Å². The SMILES string of the molecule is NC(=O)C1CCCN1c1nc(N)nc2sccc12. The number of nitrogen functional groups attached to an aromatic ring is 1. The van der Waals surface area contributed by atoms with Gasteiger partial charge < -0.3 is 16.4 Å². The third kappa shape index (κ3) is 1.67. The van der Waals surface area contributed by atoms with E-state index in [2.05, 4.69) is 9.97 Å². The van der Waals surface area contributed by atoms with E-state index in [0.717, 1.165) is 35.4 Å². The lowest BCUT2D eigenvalue weighted by Gasteiger charge is -2.23. The van der Waals surface area contributed by atoms with E-state index in [1.54, 1.807) is 0 Å². The van der Waals surface area contributed by atoms with Crippen molar-refractivity contribution in [1.29, 1.82) is 0 Å². The maximum Gasteiger partial charge on any atom is 0.240 e. The summed E-state index contributed by atoms with van der Waals surface area (Å²) in [6.45, 7) is 0.773. The third-order valence-electron chi connectivity index (χ3n) is 3.18. The molecule has 1 unspecified atom stereocenters. The maximum atomic E-state index is 11.5. The number of amides is 1. The van der Waals surface area contributed by atoms with Gasteiger partial charge >= 0.3 is 0 Å². The summed E-state index contributed by atoms with van der Waals surface area (Å²) in [6, 6.07) is 1.66. The van der Waals surface area contributed by atoms with E-state index in [4.69, 9.17) is 11.5 Å². The molecule has 1 aliphatic rings. The molecular weight excluding hydrogens is 250 g/mol. The number of fused-ring (bicyclic) bond motifs is 1. The number of thiophene rings is 1. The lowest BCUT2D eigenvalue weighted by atomic mass is 10.2. The molecule has 0 bridgehead atoms. The Kier molecular flexibility index (Phi) is 2.55. The van der Waals surface area contributed by atoms with Gasteiger partial charge in [-0.25, -0.2) is 4.98 Å². The van der Waals surface area contributed by atoms with Gasteiger partial charge in [0.15, 0.2) is 0 Å². The normalized spacial score (nSPS) is 19.6. The Morgan fingerprint density at radius 2 is 2.33 bits per heavy atom. The molecule has 0 saturated carbocycles. The number of hydrogen-bond donors (Lipinski definition) is 2. The van der Waals surface area contributed by atoms with Crippen molar-refractivity contribution in [2.45, 2.75) is 18.9 Å². The number of anilines is 2. The van der Waals surface area contributed by atoms with Crippen molar-refractivity contribution in [2.24, 2.45) is 5.73 Å². The summed E-state index contributed by atoms with van der Waals surface area (Å²) in [7, 11) is 0. The Morgan fingerprint density at radius 1 is 1.50 bits per heavy atom. The second-order valence-corrected chi connectivity index (χ2v) is 5.19. The summed E-state index contributed by atoms with van der Waals surface area (Å²) in [5.41, 5.74) is 11.1. The minimum Gasteiger partial charge on any atom is -0.368 e. The van der Waals surface area contributed by atoms with Gasteiger partial charge in [-0.1, -0.05) is 0 Å². The average molecular weight is 263 g/mol. The van der Waals surface area contributed by atoms with Gasteiger partial charge in [-0.15, -0.1) is 11.3 Å². The van der Waals surface area contributed by atoms with Crippen LogP contribution in [0.5, 0.6) is 0 Å². The molecule has 94 valence electrons. The Bertz CT molecular complexity index is 610. The maximum absolute atomic E-state index is 11.5. The monoisotopic (exact) mass is 263 g/mol. The van der Waals surface area contributed by atoms with Crippen LogP contribution in [-0.4, -0.2) is 28.5 Å². The number of primary amides is 1. The number of carbonyl (C=O) groups is 1. The molecule has 3 heterocycles. The molecule has 0 aromatic carbocycles. The van der Waals surface area contributed by atoms with Crippen LogP contribution in [-0.2, 0) is 4.79 Å². The van der Waals surface area contributed by atoms with Crippen LogP contribution in [0.2, 0.25) is 0 Å². The summed E-state index contributed by atoms with van der Waals surface area (Å²) in [4.78, 5) is 22.7. The fourth-order valence-electron chi connectivity index (χ4n) is 2.39. The second-order valence-electron chi connectivity index (χ2n) is 4.30. The average Bonchev–Trinajstić information content (AvgIpc) is 2.95. The van der Waals surface area contributed by atoms with Gasteiger partial charge in [-0.3, -0.25) is 4.79 Å². The van der Waals surface area contributed by atoms with Gasteiger partial charge in [0.05, 0.1) is 5.39 Å². The summed E-state index contributed by atoms with van der Waals surface area (Å²) < 4.78 is 0. The van der Waals surface area contributed by atoms with E-state index in [1.807, 2.05) is 16.3 Å². The van der Waals surface area contributed by atoms with Crippen molar-refractivity contribution >= 4 is 39.2 Å². The second kappa shape index (κ2) is 4.09. The Balaban J connectivity index is 2.13. The molecule has 1 fully saturated rings. The first-order chi connectivity index (χ1) is 8.66. The van der Waals surface area contributed by atoms with Crippen LogP contribution < -0.4 is 16.4 Å². The van der Waals surface area contributed by atoms with Crippen LogP contribution >= 0.6 is 11.3 Å². The highest BCUT2D eigenvalue weighted by Crippen LogP contribution is 2.32. The Hall–Kier alpha value is -1.89. The van der Waals surface area contributed by atoms with E-state index < -0.39 is 0 Å². The van der Waals surface area contributed by atoms with E-state index in [9.17, 15) is 4.79 Å². The highest BCUT2D eigenvalue weighted by Gasteiger charge is 2.31. The van der Waals surface area contributed by atoms with Gasteiger partial charge in [0.1, 0.15) is 16.7 Å². The fraction of sp³-hybridized carbons (Fsp3) is 0.364. The zero-order chi connectivity index (χ0) is 12.7. The molecular formula is C11H13N5OS. The van der Waals surface area contributed by atoms with Gasteiger partial charge in [0.25, 0.3) is 0 Å². The highest BCUT2D eigenvalue weighted by atomic mass is 32.1. The largest absolute Gasteiger partial charge is 0.368 e. The number of nitrogens with zero attached hydrogens (tertiary/aromatic N) is 3. The molecule has 3 rings (SSSR count). The first kappa shape index (κ1) is 11.2.